The molecule has 0 aliphatic carbocycles. The molecule has 0 amide bonds. The van der Waals surface area contributed by atoms with Crippen LogP contribution in [0.1, 0.15) is 11.3 Å². The number of alkyl halides is 3. The highest BCUT2D eigenvalue weighted by molar-refractivity contribution is 5.83. The molecule has 2 nitrogen and oxygen atoms in total. The van der Waals surface area contributed by atoms with Crippen LogP contribution in [-0.4, -0.2) is 10.1 Å². The van der Waals surface area contributed by atoms with E-state index in [1.165, 1.54) is 0 Å². The molecule has 0 unspecified atom stereocenters. The van der Waals surface area contributed by atoms with Gasteiger partial charge in [-0.3, -0.25) is 4.98 Å². The first-order valence-corrected chi connectivity index (χ1v) is 4.69. The van der Waals surface area contributed by atoms with Gasteiger partial charge in [0.15, 0.2) is 0 Å². The summed E-state index contributed by atoms with van der Waals surface area (Å²) in [5, 5.41) is 8.53. The van der Waals surface area contributed by atoms with Crippen LogP contribution in [-0.2, 0) is 12.8 Å². The van der Waals surface area contributed by atoms with Gasteiger partial charge in [0, 0.05) is 5.39 Å². The van der Waals surface area contributed by atoms with E-state index in [2.05, 4.69) is 4.98 Å². The van der Waals surface area contributed by atoms with E-state index in [4.69, 9.17) is 5.11 Å². The van der Waals surface area contributed by atoms with E-state index in [0.29, 0.717) is 0 Å². The Morgan fingerprint density at radius 3 is 2.47 bits per heavy atom. The molecule has 2 aromatic rings. The van der Waals surface area contributed by atoms with Crippen LogP contribution in [0.2, 0.25) is 0 Å². The van der Waals surface area contributed by atoms with E-state index in [0.717, 1.165) is 24.3 Å². The molecule has 17 heavy (non-hydrogen) atoms. The molecule has 0 spiro atoms. The van der Waals surface area contributed by atoms with Crippen LogP contribution >= 0.6 is 0 Å². The van der Waals surface area contributed by atoms with Gasteiger partial charge in [0.25, 0.3) is 0 Å². The van der Waals surface area contributed by atoms with Crippen molar-refractivity contribution >= 4 is 10.9 Å². The first-order chi connectivity index (χ1) is 7.91. The van der Waals surface area contributed by atoms with Gasteiger partial charge in [-0.2, -0.15) is 13.2 Å². The van der Waals surface area contributed by atoms with Gasteiger partial charge in [0.2, 0.25) is 0 Å². The van der Waals surface area contributed by atoms with Crippen molar-refractivity contribution in [2.45, 2.75) is 12.8 Å². The summed E-state index contributed by atoms with van der Waals surface area (Å²) in [7, 11) is 0. The molecule has 1 aromatic carbocycles. The molecule has 6 heteroatoms. The fraction of sp³-hybridized carbons (Fsp3) is 0.182. The Morgan fingerprint density at radius 2 is 1.88 bits per heavy atom. The minimum absolute atomic E-state index is 0.00488. The van der Waals surface area contributed by atoms with Crippen molar-refractivity contribution in [1.82, 2.24) is 4.98 Å². The van der Waals surface area contributed by atoms with Gasteiger partial charge in [-0.1, -0.05) is 0 Å². The van der Waals surface area contributed by atoms with Gasteiger partial charge in [0.05, 0.1) is 23.4 Å². The topological polar surface area (TPSA) is 33.1 Å². The van der Waals surface area contributed by atoms with E-state index in [1.54, 1.807) is 0 Å². The standard InChI is InChI=1S/C11H7F4NO/c12-6-1-2-10-8(3-6)9(11(13,14)15)4-7(5-17)16-10/h1-4,17H,5H2. The number of hydrogen-bond acceptors (Lipinski definition) is 2. The van der Waals surface area contributed by atoms with Crippen LogP contribution in [0.3, 0.4) is 0 Å². The number of nitrogens with zero attached hydrogens (tertiary/aromatic N) is 1. The lowest BCUT2D eigenvalue weighted by molar-refractivity contribution is -0.136. The molecule has 2 rings (SSSR count). The number of aliphatic hydroxyl groups is 1. The van der Waals surface area contributed by atoms with Crippen LogP contribution in [0.25, 0.3) is 10.9 Å². The Bertz CT molecular complexity index is 565. The lowest BCUT2D eigenvalue weighted by Gasteiger charge is -2.11. The number of rotatable bonds is 1. The largest absolute Gasteiger partial charge is 0.417 e. The molecule has 1 aromatic heterocycles. The van der Waals surface area contributed by atoms with Gasteiger partial charge >= 0.3 is 6.18 Å². The normalized spacial score (nSPS) is 12.1. The van der Waals surface area contributed by atoms with E-state index < -0.39 is 24.2 Å². The molecular formula is C11H7F4NO. The Hall–Kier alpha value is -1.69. The van der Waals surface area contributed by atoms with Crippen molar-refractivity contribution in [3.63, 3.8) is 0 Å². The number of halogens is 4. The third-order valence-electron chi connectivity index (χ3n) is 2.29. The first-order valence-electron chi connectivity index (χ1n) is 4.69. The van der Waals surface area contributed by atoms with Gasteiger partial charge in [-0.25, -0.2) is 4.39 Å². The molecule has 0 fully saturated rings. The van der Waals surface area contributed by atoms with Crippen molar-refractivity contribution in [3.05, 3.63) is 41.3 Å². The zero-order chi connectivity index (χ0) is 12.6. The number of pyridine rings is 1. The molecule has 0 saturated carbocycles. The second-order valence-electron chi connectivity index (χ2n) is 3.48. The monoisotopic (exact) mass is 245 g/mol. The average Bonchev–Trinajstić information content (AvgIpc) is 2.26. The smallest absolute Gasteiger partial charge is 0.390 e. The SMILES string of the molecule is OCc1cc(C(F)(F)F)c2cc(F)ccc2n1. The number of aromatic nitrogens is 1. The lowest BCUT2D eigenvalue weighted by atomic mass is 10.1. The summed E-state index contributed by atoms with van der Waals surface area (Å²) in [5.74, 6) is -0.762. The van der Waals surface area contributed by atoms with Crippen molar-refractivity contribution in [2.75, 3.05) is 0 Å². The maximum atomic E-state index is 12.9. The van der Waals surface area contributed by atoms with Gasteiger partial charge < -0.3 is 5.11 Å². The second-order valence-corrected chi connectivity index (χ2v) is 3.48. The quantitative estimate of drug-likeness (QED) is 0.783. The molecule has 1 N–H and O–H groups in total. The molecular weight excluding hydrogens is 238 g/mol. The molecule has 0 radical (unpaired) electrons. The summed E-state index contributed by atoms with van der Waals surface area (Å²) in [6, 6.07) is 3.68. The molecule has 0 bridgehead atoms. The minimum atomic E-state index is -4.61. The summed E-state index contributed by atoms with van der Waals surface area (Å²) in [6.07, 6.45) is -4.61. The Labute approximate surface area is 93.5 Å². The van der Waals surface area contributed by atoms with Gasteiger partial charge in [-0.05, 0) is 24.3 Å². The highest BCUT2D eigenvalue weighted by Crippen LogP contribution is 2.35. The zero-order valence-electron chi connectivity index (χ0n) is 8.42. The van der Waals surface area contributed by atoms with E-state index in [9.17, 15) is 17.6 Å². The molecule has 1 heterocycles. The summed E-state index contributed by atoms with van der Waals surface area (Å²) < 4.78 is 51.1. The third-order valence-corrected chi connectivity index (χ3v) is 2.29. The Balaban J connectivity index is 2.82. The number of benzene rings is 1. The van der Waals surface area contributed by atoms with Crippen molar-refractivity contribution in [2.24, 2.45) is 0 Å². The van der Waals surface area contributed by atoms with E-state index in [-0.39, 0.29) is 16.6 Å². The highest BCUT2D eigenvalue weighted by Gasteiger charge is 2.33. The summed E-state index contributed by atoms with van der Waals surface area (Å²) >= 11 is 0. The Morgan fingerprint density at radius 1 is 1.18 bits per heavy atom. The number of hydrogen-bond donors (Lipinski definition) is 1. The summed E-state index contributed by atoms with van der Waals surface area (Å²) in [5.41, 5.74) is -1.09. The first kappa shape index (κ1) is 11.8. The van der Waals surface area contributed by atoms with Crippen molar-refractivity contribution in [1.29, 1.82) is 0 Å². The molecule has 0 atom stereocenters. The van der Waals surface area contributed by atoms with E-state index in [1.807, 2.05) is 0 Å². The molecule has 0 aliphatic rings. The number of aliphatic hydroxyl groups excluding tert-OH is 1. The van der Waals surface area contributed by atoms with E-state index >= 15 is 0 Å². The maximum Gasteiger partial charge on any atom is 0.417 e. The van der Waals surface area contributed by atoms with Crippen LogP contribution in [0, 0.1) is 5.82 Å². The zero-order valence-corrected chi connectivity index (χ0v) is 8.42. The highest BCUT2D eigenvalue weighted by atomic mass is 19.4. The predicted molar refractivity (Wildman–Crippen MR) is 52.6 cm³/mol. The van der Waals surface area contributed by atoms with Gasteiger partial charge in [-0.15, -0.1) is 0 Å². The van der Waals surface area contributed by atoms with Crippen molar-refractivity contribution < 1.29 is 22.7 Å². The van der Waals surface area contributed by atoms with Gasteiger partial charge in [0.1, 0.15) is 5.82 Å². The lowest BCUT2D eigenvalue weighted by Crippen LogP contribution is -2.08. The summed E-state index contributed by atoms with van der Waals surface area (Å²) in [4.78, 5) is 3.79. The second kappa shape index (κ2) is 3.96. The predicted octanol–water partition coefficient (Wildman–Crippen LogP) is 2.89. The fourth-order valence-electron chi connectivity index (χ4n) is 1.57. The van der Waals surface area contributed by atoms with Crippen LogP contribution in [0.15, 0.2) is 24.3 Å². The molecule has 0 saturated heterocycles. The molecule has 0 aliphatic heterocycles. The third kappa shape index (κ3) is 2.21. The summed E-state index contributed by atoms with van der Waals surface area (Å²) in [6.45, 7) is -0.601. The Kier molecular flexibility index (Phi) is 2.74. The van der Waals surface area contributed by atoms with Crippen LogP contribution < -0.4 is 0 Å². The number of fused-ring (bicyclic) bond motifs is 1. The average molecular weight is 245 g/mol. The minimum Gasteiger partial charge on any atom is -0.390 e. The van der Waals surface area contributed by atoms with Crippen LogP contribution in [0.4, 0.5) is 17.6 Å². The maximum absolute atomic E-state index is 12.9. The molecule has 90 valence electrons. The van der Waals surface area contributed by atoms with Crippen molar-refractivity contribution in [3.8, 4) is 0 Å². The fourth-order valence-corrected chi connectivity index (χ4v) is 1.57. The van der Waals surface area contributed by atoms with Crippen LogP contribution in [0.5, 0.6) is 0 Å².